The second-order valence-corrected chi connectivity index (χ2v) is 6.61. The van der Waals surface area contributed by atoms with Gasteiger partial charge in [-0.25, -0.2) is 4.79 Å². The lowest BCUT2D eigenvalue weighted by Gasteiger charge is -2.32. The molecule has 1 aliphatic heterocycles. The molecule has 0 unspecified atom stereocenters. The van der Waals surface area contributed by atoms with Gasteiger partial charge in [-0.05, 0) is 30.4 Å². The number of aryl methyl sites for hydroxylation is 2. The average Bonchev–Trinajstić information content (AvgIpc) is 3.16. The molecule has 0 spiro atoms. The van der Waals surface area contributed by atoms with Gasteiger partial charge in [0, 0.05) is 25.0 Å². The molecule has 2 amide bonds. The van der Waals surface area contributed by atoms with Crippen LogP contribution in [0.4, 0.5) is 4.79 Å². The largest absolute Gasteiger partial charge is 0.366 e. The summed E-state index contributed by atoms with van der Waals surface area (Å²) in [7, 11) is 1.88. The Bertz CT molecular complexity index is 668. The first-order valence-corrected chi connectivity index (χ1v) is 8.54. The van der Waals surface area contributed by atoms with Gasteiger partial charge < -0.3 is 19.5 Å². The quantitative estimate of drug-likeness (QED) is 0.919. The number of nitrogens with one attached hydrogen (secondary N) is 1. The number of rotatable bonds is 4. The molecule has 8 heteroatoms. The summed E-state index contributed by atoms with van der Waals surface area (Å²) < 4.78 is 7.54. The first-order valence-electron chi connectivity index (χ1n) is 7.66. The summed E-state index contributed by atoms with van der Waals surface area (Å²) in [5, 5.41) is 13.0. The molecule has 0 aliphatic carbocycles. The number of thiophene rings is 1. The van der Waals surface area contributed by atoms with Gasteiger partial charge in [0.2, 0.25) is 0 Å². The number of amides is 2. The smallest absolute Gasteiger partial charge is 0.317 e. The van der Waals surface area contributed by atoms with Crippen LogP contribution in [0.2, 0.25) is 0 Å². The van der Waals surface area contributed by atoms with Gasteiger partial charge in [-0.15, -0.1) is 21.5 Å². The topological polar surface area (TPSA) is 72.3 Å². The maximum absolute atomic E-state index is 12.3. The number of morpholine rings is 1. The number of carbonyl (C=O) groups excluding carboxylic acids is 1. The molecule has 1 N–H and O–H groups in total. The molecule has 0 radical (unpaired) electrons. The molecule has 23 heavy (non-hydrogen) atoms. The van der Waals surface area contributed by atoms with Crippen molar-refractivity contribution in [1.82, 2.24) is 25.0 Å². The van der Waals surface area contributed by atoms with E-state index in [9.17, 15) is 4.79 Å². The number of nitrogens with zero attached hydrogens (tertiary/aromatic N) is 4. The zero-order chi connectivity index (χ0) is 16.2. The molecule has 0 bridgehead atoms. The minimum atomic E-state index is -0.221. The monoisotopic (exact) mass is 335 g/mol. The van der Waals surface area contributed by atoms with Crippen molar-refractivity contribution < 1.29 is 9.53 Å². The van der Waals surface area contributed by atoms with Crippen LogP contribution in [0, 0.1) is 6.92 Å². The number of hydrogen-bond acceptors (Lipinski definition) is 5. The van der Waals surface area contributed by atoms with Gasteiger partial charge >= 0.3 is 6.03 Å². The van der Waals surface area contributed by atoms with Crippen molar-refractivity contribution in [2.45, 2.75) is 19.4 Å². The predicted octanol–water partition coefficient (Wildman–Crippen LogP) is 1.51. The van der Waals surface area contributed by atoms with Crippen LogP contribution in [0.5, 0.6) is 0 Å². The van der Waals surface area contributed by atoms with E-state index in [4.69, 9.17) is 4.74 Å². The van der Waals surface area contributed by atoms with Crippen molar-refractivity contribution in [2.75, 3.05) is 26.2 Å². The summed E-state index contributed by atoms with van der Waals surface area (Å²) in [5.41, 5.74) is 1.29. The van der Waals surface area contributed by atoms with Crippen molar-refractivity contribution in [3.63, 3.8) is 0 Å². The average molecular weight is 335 g/mol. The second kappa shape index (κ2) is 7.10. The molecule has 1 fully saturated rings. The lowest BCUT2D eigenvalue weighted by Crippen LogP contribution is -2.47. The van der Waals surface area contributed by atoms with Gasteiger partial charge in [0.25, 0.3) is 0 Å². The Morgan fingerprint density at radius 3 is 3.13 bits per heavy atom. The lowest BCUT2D eigenvalue weighted by atomic mass is 10.2. The third-order valence-corrected chi connectivity index (χ3v) is 5.07. The van der Waals surface area contributed by atoms with Crippen LogP contribution < -0.4 is 5.32 Å². The Morgan fingerprint density at radius 2 is 2.43 bits per heavy atom. The highest BCUT2D eigenvalue weighted by molar-refractivity contribution is 7.10. The fraction of sp³-hybridized carbons (Fsp3) is 0.533. The van der Waals surface area contributed by atoms with Crippen molar-refractivity contribution in [1.29, 1.82) is 0 Å². The number of aromatic nitrogens is 3. The van der Waals surface area contributed by atoms with Crippen molar-refractivity contribution in [3.05, 3.63) is 34.0 Å². The van der Waals surface area contributed by atoms with Crippen LogP contribution in [-0.2, 0) is 18.2 Å². The van der Waals surface area contributed by atoms with Crippen LogP contribution in [0.3, 0.4) is 0 Å². The Hall–Kier alpha value is -1.93. The molecule has 7 nitrogen and oxygen atoms in total. The van der Waals surface area contributed by atoms with E-state index in [1.807, 2.05) is 11.6 Å². The normalized spacial score (nSPS) is 18.2. The molecular weight excluding hydrogens is 314 g/mol. The summed E-state index contributed by atoms with van der Waals surface area (Å²) in [5.74, 6) is 0.747. The summed E-state index contributed by atoms with van der Waals surface area (Å²) in [6.07, 6.45) is 2.29. The molecule has 2 aromatic heterocycles. The molecule has 2 aromatic rings. The number of hydrogen-bond donors (Lipinski definition) is 1. The second-order valence-electron chi connectivity index (χ2n) is 5.61. The third-order valence-electron chi connectivity index (χ3n) is 3.98. The van der Waals surface area contributed by atoms with E-state index >= 15 is 0 Å². The Kier molecular flexibility index (Phi) is 4.92. The van der Waals surface area contributed by atoms with E-state index in [0.717, 1.165) is 12.2 Å². The molecule has 1 saturated heterocycles. The zero-order valence-electron chi connectivity index (χ0n) is 13.4. The molecule has 1 aliphatic rings. The van der Waals surface area contributed by atoms with Gasteiger partial charge in [0.05, 0.1) is 13.2 Å². The van der Waals surface area contributed by atoms with Gasteiger partial charge in [-0.1, -0.05) is 0 Å². The van der Waals surface area contributed by atoms with E-state index in [-0.39, 0.29) is 12.1 Å². The number of ether oxygens (including phenoxy) is 1. The van der Waals surface area contributed by atoms with Crippen LogP contribution in [0.25, 0.3) is 0 Å². The first-order chi connectivity index (χ1) is 11.1. The highest BCUT2D eigenvalue weighted by atomic mass is 32.1. The van der Waals surface area contributed by atoms with Gasteiger partial charge in [0.1, 0.15) is 12.4 Å². The first kappa shape index (κ1) is 15.9. The Balaban J connectivity index is 1.51. The highest BCUT2D eigenvalue weighted by Crippen LogP contribution is 2.20. The van der Waals surface area contributed by atoms with Crippen molar-refractivity contribution in [2.24, 2.45) is 7.05 Å². The van der Waals surface area contributed by atoms with Crippen LogP contribution in [0.15, 0.2) is 17.8 Å². The molecule has 1 atom stereocenters. The van der Waals surface area contributed by atoms with Crippen molar-refractivity contribution in [3.8, 4) is 0 Å². The molecule has 0 aromatic carbocycles. The van der Waals surface area contributed by atoms with Crippen LogP contribution in [0.1, 0.15) is 22.4 Å². The van der Waals surface area contributed by atoms with E-state index in [1.54, 1.807) is 22.6 Å². The minimum absolute atomic E-state index is 0.0466. The zero-order valence-corrected chi connectivity index (χ0v) is 14.2. The fourth-order valence-corrected chi connectivity index (χ4v) is 3.54. The number of carbonyl (C=O) groups is 1. The van der Waals surface area contributed by atoms with E-state index in [1.165, 1.54) is 10.4 Å². The summed E-state index contributed by atoms with van der Waals surface area (Å²) in [6.45, 7) is 4.34. The van der Waals surface area contributed by atoms with Gasteiger partial charge in [-0.2, -0.15) is 0 Å². The molecule has 3 heterocycles. The van der Waals surface area contributed by atoms with E-state index < -0.39 is 0 Å². The lowest BCUT2D eigenvalue weighted by molar-refractivity contribution is -0.0214. The Labute approximate surface area is 139 Å². The fourth-order valence-electron chi connectivity index (χ4n) is 2.63. The van der Waals surface area contributed by atoms with Crippen LogP contribution in [-0.4, -0.2) is 51.9 Å². The Morgan fingerprint density at radius 1 is 1.57 bits per heavy atom. The molecule has 0 saturated carbocycles. The molecular formula is C15H21N5O2S. The maximum atomic E-state index is 12.3. The van der Waals surface area contributed by atoms with Crippen molar-refractivity contribution >= 4 is 17.4 Å². The van der Waals surface area contributed by atoms with Crippen LogP contribution >= 0.6 is 11.3 Å². The van der Waals surface area contributed by atoms with Gasteiger partial charge in [0.15, 0.2) is 5.82 Å². The summed E-state index contributed by atoms with van der Waals surface area (Å²) >= 11 is 1.73. The maximum Gasteiger partial charge on any atom is 0.317 e. The SMILES string of the molecule is Cc1ccsc1CCNC(=O)N1CCO[C@@H](c2nncn2C)C1. The van der Waals surface area contributed by atoms with E-state index in [0.29, 0.717) is 26.2 Å². The minimum Gasteiger partial charge on any atom is -0.366 e. The van der Waals surface area contributed by atoms with Gasteiger partial charge in [-0.3, -0.25) is 0 Å². The third kappa shape index (κ3) is 3.70. The molecule has 124 valence electrons. The summed E-state index contributed by atoms with van der Waals surface area (Å²) in [4.78, 5) is 15.4. The summed E-state index contributed by atoms with van der Waals surface area (Å²) in [6, 6.07) is 2.06. The molecule has 3 rings (SSSR count). The standard InChI is InChI=1S/C15H21N5O2S/c1-11-4-8-23-13(11)3-5-16-15(21)20-6-7-22-12(9-20)14-18-17-10-19(14)2/h4,8,10,12H,3,5-7,9H2,1-2H3,(H,16,21)/t12-/m1/s1. The van der Waals surface area contributed by atoms with E-state index in [2.05, 4.69) is 33.9 Å². The highest BCUT2D eigenvalue weighted by Gasteiger charge is 2.28. The predicted molar refractivity (Wildman–Crippen MR) is 87.4 cm³/mol. The number of urea groups is 1.